The molecule has 0 unspecified atom stereocenters. The molecule has 5 nitrogen and oxygen atoms in total. The fourth-order valence-electron chi connectivity index (χ4n) is 2.96. The molecule has 3 rings (SSSR count). The number of benzene rings is 3. The van der Waals surface area contributed by atoms with E-state index in [0.29, 0.717) is 27.5 Å². The zero-order valence-corrected chi connectivity index (χ0v) is 17.9. The van der Waals surface area contributed by atoms with Crippen LogP contribution in [0.1, 0.15) is 24.2 Å². The van der Waals surface area contributed by atoms with Gasteiger partial charge < -0.3 is 4.74 Å². The largest absolute Gasteiger partial charge is 0.483 e. The summed E-state index contributed by atoms with van der Waals surface area (Å²) in [4.78, 5) is 25.2. The van der Waals surface area contributed by atoms with E-state index in [9.17, 15) is 14.0 Å². The Labute approximate surface area is 185 Å². The van der Waals surface area contributed by atoms with Crippen molar-refractivity contribution < 1.29 is 18.7 Å². The summed E-state index contributed by atoms with van der Waals surface area (Å²) in [6, 6.07) is 19.3. The summed E-state index contributed by atoms with van der Waals surface area (Å²) in [5.41, 5.74) is 4.18. The van der Waals surface area contributed by atoms with Crippen molar-refractivity contribution in [3.8, 4) is 16.9 Å². The molecule has 0 fully saturated rings. The summed E-state index contributed by atoms with van der Waals surface area (Å²) in [5, 5.41) is 1.72. The monoisotopic (exact) mass is 440 g/mol. The number of halogens is 2. The summed E-state index contributed by atoms with van der Waals surface area (Å²) in [5.74, 6) is -0.951. The van der Waals surface area contributed by atoms with Gasteiger partial charge in [0.2, 0.25) is 0 Å². The summed E-state index contributed by atoms with van der Waals surface area (Å²) < 4.78 is 19.6. The molecule has 0 saturated heterocycles. The molecule has 7 heteroatoms. The Morgan fingerprint density at radius 2 is 1.77 bits per heavy atom. The van der Waals surface area contributed by atoms with Crippen molar-refractivity contribution >= 4 is 23.4 Å². The lowest BCUT2D eigenvalue weighted by Gasteiger charge is -2.27. The first-order valence-corrected chi connectivity index (χ1v) is 10.1. The summed E-state index contributed by atoms with van der Waals surface area (Å²) in [6.07, 6.45) is 0. The molecule has 0 aliphatic carbocycles. The molecule has 0 saturated carbocycles. The Hall–Kier alpha value is -3.38. The van der Waals surface area contributed by atoms with Crippen molar-refractivity contribution in [3.63, 3.8) is 0 Å². The normalized spacial score (nSPS) is 10.6. The van der Waals surface area contributed by atoms with Crippen LogP contribution < -0.4 is 10.2 Å². The second-order valence-corrected chi connectivity index (χ2v) is 7.54. The van der Waals surface area contributed by atoms with E-state index in [-0.39, 0.29) is 12.6 Å². The van der Waals surface area contributed by atoms with Gasteiger partial charge in [-0.2, -0.15) is 0 Å². The van der Waals surface area contributed by atoms with Gasteiger partial charge in [0.15, 0.2) is 6.61 Å². The first kappa shape index (κ1) is 22.3. The summed E-state index contributed by atoms with van der Waals surface area (Å²) in [7, 11) is 0. The van der Waals surface area contributed by atoms with Gasteiger partial charge in [-0.3, -0.25) is 15.0 Å². The molecule has 3 aromatic carbocycles. The van der Waals surface area contributed by atoms with E-state index in [4.69, 9.17) is 16.3 Å². The minimum absolute atomic E-state index is 0.301. The number of hydrazine groups is 1. The lowest BCUT2D eigenvalue weighted by molar-refractivity contribution is -0.137. The molecule has 31 heavy (non-hydrogen) atoms. The molecule has 0 spiro atoms. The van der Waals surface area contributed by atoms with Gasteiger partial charge in [0.05, 0.1) is 0 Å². The van der Waals surface area contributed by atoms with E-state index >= 15 is 0 Å². The predicted octanol–water partition coefficient (Wildman–Crippen LogP) is 5.11. The maximum atomic E-state index is 13.9. The smallest absolute Gasteiger partial charge is 0.279 e. The van der Waals surface area contributed by atoms with Crippen LogP contribution >= 0.6 is 11.6 Å². The third kappa shape index (κ3) is 5.83. The highest BCUT2D eigenvalue weighted by atomic mass is 35.5. The van der Waals surface area contributed by atoms with Crippen molar-refractivity contribution in [2.24, 2.45) is 0 Å². The number of rotatable bonds is 6. The third-order valence-electron chi connectivity index (χ3n) is 4.47. The van der Waals surface area contributed by atoms with Crippen LogP contribution in [-0.2, 0) is 4.79 Å². The predicted molar refractivity (Wildman–Crippen MR) is 118 cm³/mol. The van der Waals surface area contributed by atoms with Gasteiger partial charge in [0.25, 0.3) is 11.8 Å². The van der Waals surface area contributed by atoms with Crippen LogP contribution in [0.2, 0.25) is 5.02 Å². The average Bonchev–Trinajstić information content (AvgIpc) is 2.76. The Bertz CT molecular complexity index is 1070. The van der Waals surface area contributed by atoms with Crippen LogP contribution in [0.4, 0.5) is 4.39 Å². The molecule has 3 aromatic rings. The van der Waals surface area contributed by atoms with E-state index in [1.165, 1.54) is 23.2 Å². The third-order valence-corrected chi connectivity index (χ3v) is 4.71. The van der Waals surface area contributed by atoms with Gasteiger partial charge in [-0.1, -0.05) is 41.9 Å². The summed E-state index contributed by atoms with van der Waals surface area (Å²) in [6.45, 7) is 3.21. The number of nitrogens with zero attached hydrogens (tertiary/aromatic N) is 1. The van der Waals surface area contributed by atoms with Gasteiger partial charge in [0.1, 0.15) is 11.6 Å². The maximum Gasteiger partial charge on any atom is 0.279 e. The molecule has 0 bridgehead atoms. The zero-order chi connectivity index (χ0) is 22.4. The topological polar surface area (TPSA) is 58.6 Å². The molecule has 0 atom stereocenters. The number of amides is 2. The maximum absolute atomic E-state index is 13.9. The quantitative estimate of drug-likeness (QED) is 0.542. The van der Waals surface area contributed by atoms with Gasteiger partial charge in [0, 0.05) is 22.2 Å². The Morgan fingerprint density at radius 3 is 2.45 bits per heavy atom. The fourth-order valence-corrected chi connectivity index (χ4v) is 3.15. The number of hydrogen-bond acceptors (Lipinski definition) is 3. The average molecular weight is 441 g/mol. The fraction of sp³-hybridized carbons (Fsp3) is 0.167. The van der Waals surface area contributed by atoms with E-state index < -0.39 is 17.6 Å². The highest BCUT2D eigenvalue weighted by Crippen LogP contribution is 2.32. The molecule has 0 aliphatic heterocycles. The van der Waals surface area contributed by atoms with Crippen molar-refractivity contribution in [2.75, 3.05) is 6.61 Å². The van der Waals surface area contributed by atoms with E-state index in [1.54, 1.807) is 68.4 Å². The zero-order valence-electron chi connectivity index (χ0n) is 17.1. The first-order chi connectivity index (χ1) is 14.8. The van der Waals surface area contributed by atoms with Gasteiger partial charge >= 0.3 is 0 Å². The van der Waals surface area contributed by atoms with Crippen molar-refractivity contribution in [1.29, 1.82) is 0 Å². The van der Waals surface area contributed by atoms with Crippen LogP contribution in [0.3, 0.4) is 0 Å². The molecule has 1 N–H and O–H groups in total. The van der Waals surface area contributed by atoms with E-state index in [1.807, 2.05) is 0 Å². The van der Waals surface area contributed by atoms with Crippen LogP contribution in [0.5, 0.6) is 5.75 Å². The Balaban J connectivity index is 1.75. The van der Waals surface area contributed by atoms with E-state index in [2.05, 4.69) is 5.43 Å². The number of carbonyl (C=O) groups excluding carboxylic acids is 2. The van der Waals surface area contributed by atoms with Crippen LogP contribution in [0, 0.1) is 5.82 Å². The Morgan fingerprint density at radius 1 is 1.03 bits per heavy atom. The standard InChI is InChI=1S/C24H22ClFN2O3/c1-16(2)28(27-24(30)17-7-4-3-5-8-17)23(29)15-31-22-12-11-20(26)14-21(22)18-9-6-10-19(25)13-18/h3-14,16H,15H2,1-2H3,(H,27,30). The van der Waals surface area contributed by atoms with Crippen molar-refractivity contribution in [2.45, 2.75) is 19.9 Å². The molecular weight excluding hydrogens is 419 g/mol. The van der Waals surface area contributed by atoms with Gasteiger partial charge in [-0.25, -0.2) is 9.40 Å². The van der Waals surface area contributed by atoms with Crippen LogP contribution in [-0.4, -0.2) is 29.5 Å². The summed E-state index contributed by atoms with van der Waals surface area (Å²) >= 11 is 6.05. The van der Waals surface area contributed by atoms with Crippen molar-refractivity contribution in [1.82, 2.24) is 10.4 Å². The number of carbonyl (C=O) groups is 2. The minimum Gasteiger partial charge on any atom is -0.483 e. The second-order valence-electron chi connectivity index (χ2n) is 7.10. The molecule has 2 amide bonds. The molecule has 160 valence electrons. The van der Waals surface area contributed by atoms with Gasteiger partial charge in [-0.15, -0.1) is 0 Å². The number of hydrogen-bond donors (Lipinski definition) is 1. The Kier molecular flexibility index (Phi) is 7.26. The van der Waals surface area contributed by atoms with Crippen molar-refractivity contribution in [3.05, 3.63) is 89.2 Å². The minimum atomic E-state index is -0.444. The van der Waals surface area contributed by atoms with Crippen LogP contribution in [0.25, 0.3) is 11.1 Å². The number of nitrogens with one attached hydrogen (secondary N) is 1. The first-order valence-electron chi connectivity index (χ1n) is 9.71. The number of ether oxygens (including phenoxy) is 1. The van der Waals surface area contributed by atoms with Crippen LogP contribution in [0.15, 0.2) is 72.8 Å². The highest BCUT2D eigenvalue weighted by Gasteiger charge is 2.21. The highest BCUT2D eigenvalue weighted by molar-refractivity contribution is 6.30. The van der Waals surface area contributed by atoms with Gasteiger partial charge in [-0.05, 0) is 61.9 Å². The lowest BCUT2D eigenvalue weighted by atomic mass is 10.0. The lowest BCUT2D eigenvalue weighted by Crippen LogP contribution is -2.51. The molecule has 0 aromatic heterocycles. The second kappa shape index (κ2) is 10.1. The SMILES string of the molecule is CC(C)N(NC(=O)c1ccccc1)C(=O)COc1ccc(F)cc1-c1cccc(Cl)c1. The molecule has 0 radical (unpaired) electrons. The molecule has 0 heterocycles. The molecule has 0 aliphatic rings. The molecular formula is C24H22ClFN2O3. The van der Waals surface area contributed by atoms with E-state index in [0.717, 1.165) is 0 Å².